The van der Waals surface area contributed by atoms with Gasteiger partial charge >= 0.3 is 0 Å². The first-order valence-corrected chi connectivity index (χ1v) is 10.6. The topological polar surface area (TPSA) is 76.7 Å². The molecule has 6 nitrogen and oxygen atoms in total. The van der Waals surface area contributed by atoms with E-state index in [1.54, 1.807) is 55.5 Å². The molecule has 2 N–H and O–H groups in total. The lowest BCUT2D eigenvalue weighted by atomic mass is 10.1. The minimum absolute atomic E-state index is 0.326. The molecule has 0 spiro atoms. The van der Waals surface area contributed by atoms with Crippen LogP contribution in [0.25, 0.3) is 0 Å². The van der Waals surface area contributed by atoms with Crippen LogP contribution in [0.15, 0.2) is 66.7 Å². The highest BCUT2D eigenvalue weighted by molar-refractivity contribution is 6.10. The number of nitrogens with one attached hydrogen (secondary N) is 2. The van der Waals surface area contributed by atoms with Crippen LogP contribution in [0.4, 0.5) is 11.4 Å². The third-order valence-electron chi connectivity index (χ3n) is 4.87. The normalized spacial score (nSPS) is 11.4. The zero-order valence-corrected chi connectivity index (χ0v) is 18.8. The van der Waals surface area contributed by atoms with Crippen LogP contribution < -0.4 is 20.1 Å². The van der Waals surface area contributed by atoms with Gasteiger partial charge < -0.3 is 20.1 Å². The fraction of sp³-hybridized carbons (Fsp3) is 0.231. The van der Waals surface area contributed by atoms with Crippen molar-refractivity contribution in [2.75, 3.05) is 17.2 Å². The molecule has 0 fully saturated rings. The lowest BCUT2D eigenvalue weighted by Crippen LogP contribution is -2.31. The Bertz CT molecular complexity index is 1090. The Balaban J connectivity index is 1.69. The number of aryl methyl sites for hydroxylation is 2. The smallest absolute Gasteiger partial charge is 0.265 e. The van der Waals surface area contributed by atoms with Crippen molar-refractivity contribution in [1.29, 1.82) is 0 Å². The zero-order valence-electron chi connectivity index (χ0n) is 18.8. The predicted molar refractivity (Wildman–Crippen MR) is 127 cm³/mol. The van der Waals surface area contributed by atoms with E-state index in [2.05, 4.69) is 10.6 Å². The van der Waals surface area contributed by atoms with Crippen LogP contribution in [-0.2, 0) is 4.79 Å². The molecule has 0 aromatic heterocycles. The molecule has 1 unspecified atom stereocenters. The van der Waals surface area contributed by atoms with Crippen LogP contribution in [0.5, 0.6) is 11.5 Å². The van der Waals surface area contributed by atoms with Crippen LogP contribution in [0.2, 0.25) is 0 Å². The van der Waals surface area contributed by atoms with Crippen molar-refractivity contribution < 1.29 is 19.1 Å². The van der Waals surface area contributed by atoms with Crippen molar-refractivity contribution >= 4 is 23.2 Å². The lowest BCUT2D eigenvalue weighted by molar-refractivity contribution is -0.122. The number of para-hydroxylation sites is 1. The molecule has 0 radical (unpaired) electrons. The quantitative estimate of drug-likeness (QED) is 0.502. The molecule has 2 amide bonds. The van der Waals surface area contributed by atoms with Gasteiger partial charge in [-0.1, -0.05) is 24.3 Å². The van der Waals surface area contributed by atoms with E-state index in [0.717, 1.165) is 16.9 Å². The van der Waals surface area contributed by atoms with Gasteiger partial charge in [-0.15, -0.1) is 0 Å². The van der Waals surface area contributed by atoms with Crippen molar-refractivity contribution in [2.45, 2.75) is 33.8 Å². The standard InChI is InChI=1S/C26H28N2O4/c1-5-31-21-14-12-20(13-15-21)27-26(30)22-8-6-7-9-23(22)28-25(29)19(4)32-24-16-17(2)10-11-18(24)3/h6-16,19H,5H2,1-4H3,(H,27,30)(H,28,29). The first kappa shape index (κ1) is 22.9. The molecule has 0 heterocycles. The Hall–Kier alpha value is -3.80. The Morgan fingerprint density at radius 3 is 2.38 bits per heavy atom. The predicted octanol–water partition coefficient (Wildman–Crippen LogP) is 5.36. The summed E-state index contributed by atoms with van der Waals surface area (Å²) in [5.74, 6) is 0.727. The summed E-state index contributed by atoms with van der Waals surface area (Å²) in [4.78, 5) is 25.6. The molecular formula is C26H28N2O4. The Morgan fingerprint density at radius 1 is 0.938 bits per heavy atom. The van der Waals surface area contributed by atoms with Gasteiger partial charge in [0.1, 0.15) is 11.5 Å². The summed E-state index contributed by atoms with van der Waals surface area (Å²) in [5.41, 5.74) is 3.40. The Morgan fingerprint density at radius 2 is 1.66 bits per heavy atom. The van der Waals surface area contributed by atoms with Gasteiger partial charge in [0.05, 0.1) is 17.9 Å². The highest BCUT2D eigenvalue weighted by atomic mass is 16.5. The fourth-order valence-electron chi connectivity index (χ4n) is 3.10. The number of carbonyl (C=O) groups is 2. The van der Waals surface area contributed by atoms with Gasteiger partial charge in [-0.05, 0) is 81.3 Å². The summed E-state index contributed by atoms with van der Waals surface area (Å²) >= 11 is 0. The second kappa shape index (κ2) is 10.5. The van der Waals surface area contributed by atoms with Crippen molar-refractivity contribution in [1.82, 2.24) is 0 Å². The number of rotatable bonds is 8. The van der Waals surface area contributed by atoms with Gasteiger partial charge in [0.15, 0.2) is 6.10 Å². The maximum atomic E-state index is 12.8. The molecule has 0 aliphatic rings. The fourth-order valence-corrected chi connectivity index (χ4v) is 3.10. The molecule has 0 aliphatic heterocycles. The van der Waals surface area contributed by atoms with Gasteiger partial charge in [0, 0.05) is 5.69 Å². The molecule has 1 atom stereocenters. The minimum Gasteiger partial charge on any atom is -0.494 e. The Kier molecular flexibility index (Phi) is 7.49. The molecule has 0 aliphatic carbocycles. The average molecular weight is 433 g/mol. The minimum atomic E-state index is -0.738. The first-order valence-electron chi connectivity index (χ1n) is 10.6. The van der Waals surface area contributed by atoms with Crippen LogP contribution in [0.1, 0.15) is 35.3 Å². The third-order valence-corrected chi connectivity index (χ3v) is 4.87. The summed E-state index contributed by atoms with van der Waals surface area (Å²) in [6, 6.07) is 19.8. The highest BCUT2D eigenvalue weighted by Crippen LogP contribution is 2.22. The van der Waals surface area contributed by atoms with Gasteiger partial charge in [-0.25, -0.2) is 0 Å². The van der Waals surface area contributed by atoms with E-state index >= 15 is 0 Å². The number of anilines is 2. The third kappa shape index (κ3) is 5.88. The summed E-state index contributed by atoms with van der Waals surface area (Å²) in [7, 11) is 0. The molecule has 0 bridgehead atoms. The van der Waals surface area contributed by atoms with Crippen molar-refractivity contribution in [3.05, 3.63) is 83.4 Å². The van der Waals surface area contributed by atoms with Crippen molar-refractivity contribution in [3.63, 3.8) is 0 Å². The summed E-state index contributed by atoms with van der Waals surface area (Å²) in [6.45, 7) is 8.06. The molecule has 32 heavy (non-hydrogen) atoms. The summed E-state index contributed by atoms with van der Waals surface area (Å²) in [5, 5.41) is 5.66. The zero-order chi connectivity index (χ0) is 23.1. The molecule has 0 saturated heterocycles. The number of hydrogen-bond acceptors (Lipinski definition) is 4. The van der Waals surface area contributed by atoms with E-state index in [1.165, 1.54) is 0 Å². The maximum Gasteiger partial charge on any atom is 0.265 e. The molecule has 166 valence electrons. The van der Waals surface area contributed by atoms with E-state index in [4.69, 9.17) is 9.47 Å². The lowest BCUT2D eigenvalue weighted by Gasteiger charge is -2.18. The Labute approximate surface area is 188 Å². The number of benzene rings is 3. The van der Waals surface area contributed by atoms with Crippen LogP contribution >= 0.6 is 0 Å². The summed E-state index contributed by atoms with van der Waals surface area (Å²) in [6.07, 6.45) is -0.738. The first-order chi connectivity index (χ1) is 15.4. The van der Waals surface area contributed by atoms with E-state index in [-0.39, 0.29) is 11.8 Å². The van der Waals surface area contributed by atoms with Crippen LogP contribution in [0.3, 0.4) is 0 Å². The van der Waals surface area contributed by atoms with E-state index in [9.17, 15) is 9.59 Å². The van der Waals surface area contributed by atoms with Crippen molar-refractivity contribution in [2.24, 2.45) is 0 Å². The van der Waals surface area contributed by atoms with Crippen molar-refractivity contribution in [3.8, 4) is 11.5 Å². The molecule has 3 rings (SSSR count). The van der Waals surface area contributed by atoms with Gasteiger partial charge in [0.2, 0.25) is 0 Å². The molecule has 6 heteroatoms. The van der Waals surface area contributed by atoms with E-state index in [0.29, 0.717) is 29.3 Å². The number of carbonyl (C=O) groups excluding carboxylic acids is 2. The second-order valence-corrected chi connectivity index (χ2v) is 7.48. The molecule has 3 aromatic rings. The van der Waals surface area contributed by atoms with Crippen LogP contribution in [0, 0.1) is 13.8 Å². The molecule has 3 aromatic carbocycles. The monoisotopic (exact) mass is 432 g/mol. The largest absolute Gasteiger partial charge is 0.494 e. The van der Waals surface area contributed by atoms with Crippen LogP contribution in [-0.4, -0.2) is 24.5 Å². The highest BCUT2D eigenvalue weighted by Gasteiger charge is 2.19. The average Bonchev–Trinajstić information content (AvgIpc) is 2.78. The second-order valence-electron chi connectivity index (χ2n) is 7.48. The van der Waals surface area contributed by atoms with E-state index in [1.807, 2.05) is 39.0 Å². The SMILES string of the molecule is CCOc1ccc(NC(=O)c2ccccc2NC(=O)C(C)Oc2cc(C)ccc2C)cc1. The van der Waals surface area contributed by atoms with Gasteiger partial charge in [-0.3, -0.25) is 9.59 Å². The van der Waals surface area contributed by atoms with Gasteiger partial charge in [0.25, 0.3) is 11.8 Å². The maximum absolute atomic E-state index is 12.8. The van der Waals surface area contributed by atoms with Gasteiger partial charge in [-0.2, -0.15) is 0 Å². The number of amides is 2. The molecular weight excluding hydrogens is 404 g/mol. The summed E-state index contributed by atoms with van der Waals surface area (Å²) < 4.78 is 11.3. The van der Waals surface area contributed by atoms with E-state index < -0.39 is 6.10 Å². The molecule has 0 saturated carbocycles. The number of ether oxygens (including phenoxy) is 2. The number of hydrogen-bond donors (Lipinski definition) is 2.